The highest BCUT2D eigenvalue weighted by Gasteiger charge is 2.55. The molecule has 6 nitrogen and oxygen atoms in total. The Labute approximate surface area is 272 Å². The summed E-state index contributed by atoms with van der Waals surface area (Å²) in [4.78, 5) is 26.6. The van der Waals surface area contributed by atoms with Crippen LogP contribution >= 0.6 is 0 Å². The molecule has 0 spiro atoms. The number of carbonyl (C=O) groups is 2. The van der Waals surface area contributed by atoms with E-state index in [1.54, 1.807) is 0 Å². The Morgan fingerprint density at radius 3 is 2.27 bits per heavy atom. The Morgan fingerprint density at radius 1 is 1.02 bits per heavy atom. The van der Waals surface area contributed by atoms with Crippen LogP contribution in [0.5, 0.6) is 0 Å². The van der Waals surface area contributed by atoms with E-state index in [1.165, 1.54) is 5.57 Å². The molecule has 3 rings (SSSR count). The lowest BCUT2D eigenvalue weighted by molar-refractivity contribution is -0.179. The first-order valence-electron chi connectivity index (χ1n) is 17.5. The second-order valence-corrected chi connectivity index (χ2v) is 21.2. The molecule has 0 aromatic carbocycles. The van der Waals surface area contributed by atoms with Crippen molar-refractivity contribution in [3.8, 4) is 0 Å². The van der Waals surface area contributed by atoms with E-state index in [0.29, 0.717) is 18.8 Å². The molecule has 1 unspecified atom stereocenters. The molecule has 8 atom stereocenters. The van der Waals surface area contributed by atoms with Crippen LogP contribution in [-0.2, 0) is 27.9 Å². The summed E-state index contributed by atoms with van der Waals surface area (Å²) in [6.45, 7) is 26.5. The summed E-state index contributed by atoms with van der Waals surface area (Å²) in [5.41, 5.74) is 0.677. The Morgan fingerprint density at radius 2 is 1.70 bits per heavy atom. The zero-order valence-corrected chi connectivity index (χ0v) is 32.3. The number of carbonyl (C=O) groups excluding carboxylic acids is 2. The van der Waals surface area contributed by atoms with E-state index in [-0.39, 0.29) is 52.7 Å². The number of hydrogen-bond donors (Lipinski definition) is 0. The molecular weight excluding hydrogens is 585 g/mol. The predicted molar refractivity (Wildman–Crippen MR) is 185 cm³/mol. The van der Waals surface area contributed by atoms with Gasteiger partial charge in [0.2, 0.25) is 0 Å². The minimum absolute atomic E-state index is 0.0492. The number of fused-ring (bicyclic) bond motifs is 1. The molecule has 0 saturated carbocycles. The van der Waals surface area contributed by atoms with Crippen LogP contribution in [0.15, 0.2) is 23.8 Å². The normalized spacial score (nSPS) is 32.8. The molecule has 8 heteroatoms. The zero-order chi connectivity index (χ0) is 33.0. The number of esters is 2. The van der Waals surface area contributed by atoms with Crippen LogP contribution < -0.4 is 0 Å². The van der Waals surface area contributed by atoms with Gasteiger partial charge in [0.15, 0.2) is 18.1 Å². The Hall–Kier alpha value is -1.23. The lowest BCUT2D eigenvalue weighted by Crippen LogP contribution is -2.58. The molecule has 0 amide bonds. The third-order valence-electron chi connectivity index (χ3n) is 10.1. The van der Waals surface area contributed by atoms with E-state index in [0.717, 1.165) is 38.5 Å². The molecule has 1 heterocycles. The molecule has 2 aliphatic carbocycles. The second kappa shape index (κ2) is 15.1. The second-order valence-electron chi connectivity index (χ2n) is 16.5. The van der Waals surface area contributed by atoms with Crippen molar-refractivity contribution in [2.45, 2.75) is 157 Å². The molecule has 1 fully saturated rings. The third-order valence-corrected chi connectivity index (χ3v) is 11.9. The van der Waals surface area contributed by atoms with E-state index in [1.807, 2.05) is 0 Å². The zero-order valence-electron chi connectivity index (χ0n) is 30.0. The number of hydrogen-bond acceptors (Lipinski definition) is 6. The first-order valence-corrected chi connectivity index (χ1v) is 23.1. The fourth-order valence-corrected chi connectivity index (χ4v) is 9.90. The number of rotatable bonds is 12. The number of unbranched alkanes of at least 4 members (excludes halogenated alkanes) is 2. The molecule has 1 aliphatic heterocycles. The maximum absolute atomic E-state index is 13.4. The number of cyclic esters (lactones) is 1. The van der Waals surface area contributed by atoms with Gasteiger partial charge in [-0.25, -0.2) is 4.79 Å². The van der Waals surface area contributed by atoms with Crippen LogP contribution in [0.2, 0.25) is 26.2 Å². The standard InChI is InChI=1S/C36H64O6Si2/c1-13-14-15-16-30(37)40-29-22-26(34(3,4)5)21-25-18-17-24(2)36(31(25)29,42-44(11)12)20-19-27-23-28(35(6,7)8)32(33(38)39-27)41-43(9)10/h17-18,21,24,26-29,31-32,43-44H,13-16,19-20,22-23H2,1-12H3/t24-,26+,27+,28-,29-,31+,32?,36-/m0/s1. The summed E-state index contributed by atoms with van der Waals surface area (Å²) in [6, 6.07) is 0. The van der Waals surface area contributed by atoms with Gasteiger partial charge in [-0.05, 0) is 80.6 Å². The van der Waals surface area contributed by atoms with Crippen molar-refractivity contribution in [1.82, 2.24) is 0 Å². The molecule has 0 radical (unpaired) electrons. The molecule has 0 bridgehead atoms. The van der Waals surface area contributed by atoms with Crippen LogP contribution in [0.3, 0.4) is 0 Å². The molecule has 0 aromatic rings. The largest absolute Gasteiger partial charge is 0.462 e. The van der Waals surface area contributed by atoms with E-state index in [9.17, 15) is 9.59 Å². The summed E-state index contributed by atoms with van der Waals surface area (Å²) >= 11 is 0. The summed E-state index contributed by atoms with van der Waals surface area (Å²) < 4.78 is 26.0. The van der Waals surface area contributed by atoms with Gasteiger partial charge in [-0.1, -0.05) is 86.5 Å². The quantitative estimate of drug-likeness (QED) is 0.121. The minimum atomic E-state index is -1.53. The number of ether oxygens (including phenoxy) is 2. The van der Waals surface area contributed by atoms with Gasteiger partial charge >= 0.3 is 11.9 Å². The van der Waals surface area contributed by atoms with Crippen LogP contribution in [0.4, 0.5) is 0 Å². The van der Waals surface area contributed by atoms with Crippen molar-refractivity contribution in [2.24, 2.45) is 34.5 Å². The van der Waals surface area contributed by atoms with Crippen molar-refractivity contribution < 1.29 is 27.9 Å². The van der Waals surface area contributed by atoms with Gasteiger partial charge in [0.1, 0.15) is 18.3 Å². The lowest BCUT2D eigenvalue weighted by atomic mass is 9.59. The summed E-state index contributed by atoms with van der Waals surface area (Å²) in [5.74, 6) is 0.168. The highest BCUT2D eigenvalue weighted by atomic mass is 28.3. The maximum atomic E-state index is 13.4. The maximum Gasteiger partial charge on any atom is 0.334 e. The Balaban J connectivity index is 1.97. The van der Waals surface area contributed by atoms with Crippen LogP contribution in [0.25, 0.3) is 0 Å². The molecule has 0 aromatic heterocycles. The molecule has 0 N–H and O–H groups in total. The van der Waals surface area contributed by atoms with Crippen molar-refractivity contribution in [2.75, 3.05) is 0 Å². The van der Waals surface area contributed by atoms with Gasteiger partial charge in [0.25, 0.3) is 0 Å². The molecule has 252 valence electrons. The topological polar surface area (TPSA) is 71.1 Å². The van der Waals surface area contributed by atoms with Gasteiger partial charge in [-0.2, -0.15) is 0 Å². The molecule has 1 saturated heterocycles. The first-order chi connectivity index (χ1) is 20.4. The van der Waals surface area contributed by atoms with Gasteiger partial charge in [-0.15, -0.1) is 0 Å². The SMILES string of the molecule is CCCCCC(=O)O[C@H]1C[C@H](C(C)(C)C)C=C2C=C[C@H](C)[C@](CC[C@@H]3C[C@H](C(C)(C)C)C(O[SiH](C)C)C(=O)O3)(O[SiH](C)C)[C@H]21. The van der Waals surface area contributed by atoms with Crippen molar-refractivity contribution >= 4 is 30.0 Å². The van der Waals surface area contributed by atoms with Crippen molar-refractivity contribution in [3.63, 3.8) is 0 Å². The van der Waals surface area contributed by atoms with Gasteiger partial charge in [0.05, 0.1) is 5.60 Å². The van der Waals surface area contributed by atoms with Gasteiger partial charge in [0, 0.05) is 24.2 Å². The van der Waals surface area contributed by atoms with Gasteiger partial charge < -0.3 is 18.3 Å². The van der Waals surface area contributed by atoms with Crippen molar-refractivity contribution in [1.29, 1.82) is 0 Å². The Bertz CT molecular complexity index is 1040. The molecular formula is C36H64O6Si2. The number of allylic oxidation sites excluding steroid dienone is 2. The smallest absolute Gasteiger partial charge is 0.334 e. The average Bonchev–Trinajstić information content (AvgIpc) is 2.89. The van der Waals surface area contributed by atoms with Crippen LogP contribution in [-0.4, -0.2) is 53.9 Å². The predicted octanol–water partition coefficient (Wildman–Crippen LogP) is 8.16. The monoisotopic (exact) mass is 648 g/mol. The first kappa shape index (κ1) is 37.2. The summed E-state index contributed by atoms with van der Waals surface area (Å²) in [6.07, 6.45) is 12.5. The lowest BCUT2D eigenvalue weighted by Gasteiger charge is -2.54. The third kappa shape index (κ3) is 9.19. The fourth-order valence-electron chi connectivity index (χ4n) is 7.66. The van der Waals surface area contributed by atoms with E-state index in [2.05, 4.69) is 99.8 Å². The average molecular weight is 649 g/mol. The Kier molecular flexibility index (Phi) is 12.8. The summed E-state index contributed by atoms with van der Waals surface area (Å²) in [5, 5.41) is 0. The van der Waals surface area contributed by atoms with Crippen molar-refractivity contribution in [3.05, 3.63) is 23.8 Å². The van der Waals surface area contributed by atoms with Gasteiger partial charge in [-0.3, -0.25) is 4.79 Å². The minimum Gasteiger partial charge on any atom is -0.462 e. The van der Waals surface area contributed by atoms with E-state index < -0.39 is 29.8 Å². The summed E-state index contributed by atoms with van der Waals surface area (Å²) in [7, 11) is -2.95. The highest BCUT2D eigenvalue weighted by Crippen LogP contribution is 2.52. The van der Waals surface area contributed by atoms with E-state index in [4.69, 9.17) is 18.3 Å². The van der Waals surface area contributed by atoms with E-state index >= 15 is 0 Å². The fraction of sp³-hybridized carbons (Fsp3) is 0.833. The highest BCUT2D eigenvalue weighted by molar-refractivity contribution is 6.48. The van der Waals surface area contributed by atoms with Crippen LogP contribution in [0.1, 0.15) is 107 Å². The molecule has 44 heavy (non-hydrogen) atoms. The molecule has 3 aliphatic rings. The van der Waals surface area contributed by atoms with Crippen LogP contribution in [0, 0.1) is 34.5 Å².